The van der Waals surface area contributed by atoms with Gasteiger partial charge in [-0.05, 0) is 25.0 Å². The van der Waals surface area contributed by atoms with Gasteiger partial charge in [0.2, 0.25) is 5.91 Å². The zero-order valence-electron chi connectivity index (χ0n) is 10.8. The summed E-state index contributed by atoms with van der Waals surface area (Å²) in [5.74, 6) is -0.324. The molecule has 6 nitrogen and oxygen atoms in total. The molecule has 0 fully saturated rings. The molecule has 0 aliphatic heterocycles. The van der Waals surface area contributed by atoms with E-state index in [9.17, 15) is 14.9 Å². The van der Waals surface area contributed by atoms with Gasteiger partial charge in [-0.2, -0.15) is 0 Å². The van der Waals surface area contributed by atoms with Crippen LogP contribution >= 0.6 is 11.6 Å². The lowest BCUT2D eigenvalue weighted by molar-refractivity contribution is -0.384. The summed E-state index contributed by atoms with van der Waals surface area (Å²) in [6.45, 7) is 3.59. The van der Waals surface area contributed by atoms with E-state index in [1.807, 2.05) is 6.92 Å². The van der Waals surface area contributed by atoms with Crippen molar-refractivity contribution in [2.75, 3.05) is 5.32 Å². The van der Waals surface area contributed by atoms with Crippen LogP contribution in [0.2, 0.25) is 5.02 Å². The molecule has 0 aliphatic rings. The molecule has 3 N–H and O–H groups in total. The Hall–Kier alpha value is -1.66. The molecule has 0 unspecified atom stereocenters. The Bertz CT molecular complexity index is 505. The zero-order chi connectivity index (χ0) is 14.6. The third-order valence-electron chi connectivity index (χ3n) is 2.68. The second-order valence-electron chi connectivity index (χ2n) is 4.26. The van der Waals surface area contributed by atoms with Crippen molar-refractivity contribution in [2.24, 2.45) is 5.73 Å². The van der Waals surface area contributed by atoms with Gasteiger partial charge in [-0.25, -0.2) is 0 Å². The molecule has 1 atom stereocenters. The Kier molecular flexibility index (Phi) is 5.26. The van der Waals surface area contributed by atoms with Gasteiger partial charge in [-0.3, -0.25) is 14.9 Å². The Morgan fingerprint density at radius 1 is 1.58 bits per heavy atom. The van der Waals surface area contributed by atoms with Crippen LogP contribution in [0.3, 0.4) is 0 Å². The predicted octanol–water partition coefficient (Wildman–Crippen LogP) is 2.62. The van der Waals surface area contributed by atoms with Crippen LogP contribution in [0.5, 0.6) is 0 Å². The number of benzene rings is 1. The van der Waals surface area contributed by atoms with Gasteiger partial charge < -0.3 is 11.1 Å². The molecular weight excluding hydrogens is 270 g/mol. The molecule has 7 heteroatoms. The number of halogens is 1. The summed E-state index contributed by atoms with van der Waals surface area (Å²) in [5, 5.41) is 13.3. The van der Waals surface area contributed by atoms with Crippen LogP contribution in [0, 0.1) is 17.0 Å². The van der Waals surface area contributed by atoms with Crippen molar-refractivity contribution < 1.29 is 9.72 Å². The van der Waals surface area contributed by atoms with Gasteiger partial charge in [-0.15, -0.1) is 0 Å². The van der Waals surface area contributed by atoms with Gasteiger partial charge in [0.1, 0.15) is 5.02 Å². The second kappa shape index (κ2) is 6.49. The molecule has 104 valence electrons. The van der Waals surface area contributed by atoms with Crippen LogP contribution in [0.15, 0.2) is 12.1 Å². The van der Waals surface area contributed by atoms with Crippen LogP contribution in [-0.4, -0.2) is 16.9 Å². The van der Waals surface area contributed by atoms with Crippen molar-refractivity contribution >= 4 is 28.9 Å². The van der Waals surface area contributed by atoms with Crippen LogP contribution in [0.1, 0.15) is 25.3 Å². The summed E-state index contributed by atoms with van der Waals surface area (Å²) < 4.78 is 0. The number of nitro groups is 1. The van der Waals surface area contributed by atoms with Gasteiger partial charge in [0.15, 0.2) is 0 Å². The lowest BCUT2D eigenvalue weighted by Gasteiger charge is -2.13. The number of hydrogen-bond acceptors (Lipinski definition) is 4. The molecule has 1 rings (SSSR count). The Balaban J connectivity index is 2.94. The molecule has 0 spiro atoms. The first-order valence-electron chi connectivity index (χ1n) is 5.87. The van der Waals surface area contributed by atoms with E-state index in [-0.39, 0.29) is 16.6 Å². The number of nitrogens with zero attached hydrogens (tertiary/aromatic N) is 1. The lowest BCUT2D eigenvalue weighted by Crippen LogP contribution is -2.35. The highest BCUT2D eigenvalue weighted by atomic mass is 35.5. The second-order valence-corrected chi connectivity index (χ2v) is 4.67. The number of nitro benzene ring substituents is 1. The van der Waals surface area contributed by atoms with Gasteiger partial charge in [0.25, 0.3) is 5.69 Å². The van der Waals surface area contributed by atoms with Crippen LogP contribution < -0.4 is 11.1 Å². The highest BCUT2D eigenvalue weighted by molar-refractivity contribution is 6.33. The Morgan fingerprint density at radius 2 is 2.21 bits per heavy atom. The van der Waals surface area contributed by atoms with Crippen LogP contribution in [0.25, 0.3) is 0 Å². The van der Waals surface area contributed by atoms with Crippen molar-refractivity contribution in [2.45, 2.75) is 32.7 Å². The number of hydrogen-bond donors (Lipinski definition) is 2. The number of nitrogens with two attached hydrogens (primary N) is 1. The number of carbonyl (C=O) groups is 1. The third-order valence-corrected chi connectivity index (χ3v) is 2.99. The summed E-state index contributed by atoms with van der Waals surface area (Å²) in [4.78, 5) is 21.9. The zero-order valence-corrected chi connectivity index (χ0v) is 11.5. The molecule has 1 amide bonds. The molecule has 1 aromatic rings. The highest BCUT2D eigenvalue weighted by Gasteiger charge is 2.18. The minimum absolute atomic E-state index is 0.0186. The normalized spacial score (nSPS) is 12.0. The third kappa shape index (κ3) is 3.90. The van der Waals surface area contributed by atoms with Gasteiger partial charge in [0, 0.05) is 11.8 Å². The maximum absolute atomic E-state index is 11.8. The maximum atomic E-state index is 11.8. The Morgan fingerprint density at radius 3 is 2.74 bits per heavy atom. The molecule has 0 aromatic heterocycles. The smallest absolute Gasteiger partial charge is 0.288 e. The molecule has 19 heavy (non-hydrogen) atoms. The molecule has 1 aromatic carbocycles. The van der Waals surface area contributed by atoms with Crippen molar-refractivity contribution in [3.8, 4) is 0 Å². The van der Waals surface area contributed by atoms with Crippen molar-refractivity contribution in [3.05, 3.63) is 32.8 Å². The van der Waals surface area contributed by atoms with Crippen molar-refractivity contribution in [3.63, 3.8) is 0 Å². The van der Waals surface area contributed by atoms with E-state index in [4.69, 9.17) is 17.3 Å². The number of anilines is 1. The average Bonchev–Trinajstić information content (AvgIpc) is 2.33. The number of aryl methyl sites for hydroxylation is 1. The topological polar surface area (TPSA) is 98.3 Å². The minimum atomic E-state index is -0.599. The van der Waals surface area contributed by atoms with Gasteiger partial charge in [0.05, 0.1) is 11.0 Å². The fourth-order valence-electron chi connectivity index (χ4n) is 1.61. The minimum Gasteiger partial charge on any atom is -0.324 e. The highest BCUT2D eigenvalue weighted by Crippen LogP contribution is 2.30. The summed E-state index contributed by atoms with van der Waals surface area (Å²) in [6.07, 6.45) is 1.38. The number of carbonyl (C=O) groups excluding carboxylic acids is 1. The largest absolute Gasteiger partial charge is 0.324 e. The molecule has 0 aliphatic carbocycles. The van der Waals surface area contributed by atoms with Gasteiger partial charge >= 0.3 is 0 Å². The summed E-state index contributed by atoms with van der Waals surface area (Å²) in [6, 6.07) is 2.09. The van der Waals surface area contributed by atoms with E-state index < -0.39 is 11.0 Å². The van der Waals surface area contributed by atoms with E-state index in [1.165, 1.54) is 12.1 Å². The molecular formula is C12H16ClN3O3. The number of amides is 1. The standard InChI is InChI=1S/C12H16ClN3O3/c1-3-4-9(14)12(17)15-10-6-8(13)11(16(18)19)5-7(10)2/h5-6,9H,3-4,14H2,1-2H3,(H,15,17)/t9-/m1/s1. The predicted molar refractivity (Wildman–Crippen MR) is 74.4 cm³/mol. The summed E-state index contributed by atoms with van der Waals surface area (Å²) in [7, 11) is 0. The summed E-state index contributed by atoms with van der Waals surface area (Å²) in [5.41, 5.74) is 6.50. The first kappa shape index (κ1) is 15.4. The molecule has 0 heterocycles. The fourth-order valence-corrected chi connectivity index (χ4v) is 1.84. The first-order chi connectivity index (χ1) is 8.86. The van der Waals surface area contributed by atoms with Gasteiger partial charge in [-0.1, -0.05) is 24.9 Å². The molecule has 0 bridgehead atoms. The van der Waals surface area contributed by atoms with E-state index in [0.717, 1.165) is 6.42 Å². The molecule has 0 saturated carbocycles. The summed E-state index contributed by atoms with van der Waals surface area (Å²) >= 11 is 5.80. The van der Waals surface area contributed by atoms with Crippen molar-refractivity contribution in [1.29, 1.82) is 0 Å². The molecule has 0 saturated heterocycles. The van der Waals surface area contributed by atoms with Crippen LogP contribution in [0.4, 0.5) is 11.4 Å². The quantitative estimate of drug-likeness (QED) is 0.642. The average molecular weight is 286 g/mol. The number of nitrogens with one attached hydrogen (secondary N) is 1. The number of rotatable bonds is 5. The van der Waals surface area contributed by atoms with E-state index in [2.05, 4.69) is 5.32 Å². The lowest BCUT2D eigenvalue weighted by atomic mass is 10.1. The first-order valence-corrected chi connectivity index (χ1v) is 6.25. The van der Waals surface area contributed by atoms with Crippen LogP contribution in [-0.2, 0) is 4.79 Å². The monoisotopic (exact) mass is 285 g/mol. The Labute approximate surface area is 116 Å². The van der Waals surface area contributed by atoms with E-state index >= 15 is 0 Å². The fraction of sp³-hybridized carbons (Fsp3) is 0.417. The van der Waals surface area contributed by atoms with E-state index in [0.29, 0.717) is 17.7 Å². The SMILES string of the molecule is CCC[C@@H](N)C(=O)Nc1cc(Cl)c([N+](=O)[O-])cc1C. The maximum Gasteiger partial charge on any atom is 0.288 e. The van der Waals surface area contributed by atoms with E-state index in [1.54, 1.807) is 6.92 Å². The molecule has 0 radical (unpaired) electrons. The van der Waals surface area contributed by atoms with Crippen molar-refractivity contribution in [1.82, 2.24) is 0 Å².